The summed E-state index contributed by atoms with van der Waals surface area (Å²) in [6.07, 6.45) is 1.17. The van der Waals surface area contributed by atoms with Gasteiger partial charge in [-0.2, -0.15) is 0 Å². The van der Waals surface area contributed by atoms with Crippen LogP contribution in [0.2, 0.25) is 0 Å². The molecule has 1 amide bonds. The molecule has 1 aromatic carbocycles. The molecule has 1 aliphatic heterocycles. The Bertz CT molecular complexity index is 484. The number of rotatable bonds is 5. The minimum Gasteiger partial charge on any atom is -0.325 e. The van der Waals surface area contributed by atoms with Crippen molar-refractivity contribution in [1.82, 2.24) is 10.2 Å². The fraction of sp³-hybridized carbons (Fsp3) is 0.533. The highest BCUT2D eigenvalue weighted by molar-refractivity contribution is 9.10. The molecule has 0 radical (unpaired) electrons. The maximum Gasteiger partial charge on any atom is 0.238 e. The predicted octanol–water partition coefficient (Wildman–Crippen LogP) is 2.66. The molecular formula is C15H23BrClN3O. The molecule has 4 nitrogen and oxygen atoms in total. The van der Waals surface area contributed by atoms with Crippen molar-refractivity contribution in [3.8, 4) is 0 Å². The van der Waals surface area contributed by atoms with Crippen LogP contribution >= 0.6 is 28.3 Å². The highest BCUT2D eigenvalue weighted by atomic mass is 79.9. The summed E-state index contributed by atoms with van der Waals surface area (Å²) in [5.74, 6) is 0.739. The van der Waals surface area contributed by atoms with E-state index in [0.29, 0.717) is 12.5 Å². The van der Waals surface area contributed by atoms with Gasteiger partial charge < -0.3 is 10.6 Å². The number of nitrogens with zero attached hydrogens (tertiary/aromatic N) is 1. The number of amides is 1. The van der Waals surface area contributed by atoms with Crippen molar-refractivity contribution in [3.05, 3.63) is 28.2 Å². The molecule has 0 bridgehead atoms. The van der Waals surface area contributed by atoms with Crippen LogP contribution in [-0.4, -0.2) is 44.0 Å². The van der Waals surface area contributed by atoms with E-state index < -0.39 is 0 Å². The fourth-order valence-electron chi connectivity index (χ4n) is 2.67. The first kappa shape index (κ1) is 18.4. The van der Waals surface area contributed by atoms with Gasteiger partial charge in [0, 0.05) is 16.7 Å². The second-order valence-electron chi connectivity index (χ2n) is 5.45. The molecule has 21 heavy (non-hydrogen) atoms. The van der Waals surface area contributed by atoms with E-state index in [-0.39, 0.29) is 18.3 Å². The van der Waals surface area contributed by atoms with Crippen molar-refractivity contribution >= 4 is 39.9 Å². The molecule has 1 aliphatic rings. The van der Waals surface area contributed by atoms with Crippen LogP contribution in [0.4, 0.5) is 5.69 Å². The van der Waals surface area contributed by atoms with Crippen LogP contribution < -0.4 is 10.6 Å². The van der Waals surface area contributed by atoms with Gasteiger partial charge in [0.05, 0.1) is 6.54 Å². The van der Waals surface area contributed by atoms with E-state index in [1.807, 2.05) is 32.2 Å². The minimum atomic E-state index is 0. The zero-order valence-electron chi connectivity index (χ0n) is 12.5. The normalized spacial score (nSPS) is 18.3. The summed E-state index contributed by atoms with van der Waals surface area (Å²) in [4.78, 5) is 14.3. The molecule has 1 aromatic rings. The number of carbonyl (C=O) groups excluding carboxylic acids is 1. The Balaban J connectivity index is 0.00000220. The van der Waals surface area contributed by atoms with Crippen molar-refractivity contribution in [2.24, 2.45) is 5.92 Å². The van der Waals surface area contributed by atoms with Gasteiger partial charge in [-0.1, -0.05) is 15.9 Å². The maximum atomic E-state index is 12.1. The Kier molecular flexibility index (Phi) is 7.66. The van der Waals surface area contributed by atoms with E-state index in [1.165, 1.54) is 6.42 Å². The first-order chi connectivity index (χ1) is 9.58. The first-order valence-corrected chi connectivity index (χ1v) is 7.80. The Morgan fingerprint density at radius 2 is 2.24 bits per heavy atom. The molecule has 118 valence electrons. The van der Waals surface area contributed by atoms with Crippen molar-refractivity contribution in [1.29, 1.82) is 0 Å². The average Bonchev–Trinajstić information content (AvgIpc) is 2.81. The predicted molar refractivity (Wildman–Crippen MR) is 93.2 cm³/mol. The van der Waals surface area contributed by atoms with Gasteiger partial charge in [0.1, 0.15) is 0 Å². The van der Waals surface area contributed by atoms with Crippen molar-refractivity contribution < 1.29 is 4.79 Å². The van der Waals surface area contributed by atoms with Crippen LogP contribution in [0.1, 0.15) is 12.0 Å². The minimum absolute atomic E-state index is 0. The summed E-state index contributed by atoms with van der Waals surface area (Å²) >= 11 is 3.43. The third-order valence-corrected chi connectivity index (χ3v) is 4.19. The first-order valence-electron chi connectivity index (χ1n) is 7.01. The number of carbonyl (C=O) groups is 1. The lowest BCUT2D eigenvalue weighted by Crippen LogP contribution is -2.32. The largest absolute Gasteiger partial charge is 0.325 e. The lowest BCUT2D eigenvalue weighted by Gasteiger charge is -2.16. The Morgan fingerprint density at radius 3 is 2.90 bits per heavy atom. The number of anilines is 1. The monoisotopic (exact) mass is 375 g/mol. The summed E-state index contributed by atoms with van der Waals surface area (Å²) in [5, 5.41) is 6.20. The summed E-state index contributed by atoms with van der Waals surface area (Å²) in [6, 6.07) is 5.89. The molecule has 0 spiro atoms. The van der Waals surface area contributed by atoms with E-state index in [1.54, 1.807) is 0 Å². The third kappa shape index (κ3) is 5.58. The van der Waals surface area contributed by atoms with Crippen LogP contribution in [0.25, 0.3) is 0 Å². The van der Waals surface area contributed by atoms with Crippen molar-refractivity contribution in [2.75, 3.05) is 38.5 Å². The van der Waals surface area contributed by atoms with Gasteiger partial charge in [-0.15, -0.1) is 12.4 Å². The maximum absolute atomic E-state index is 12.1. The van der Waals surface area contributed by atoms with Crippen LogP contribution in [0.5, 0.6) is 0 Å². The van der Waals surface area contributed by atoms with Crippen LogP contribution in [0.3, 0.4) is 0 Å². The molecular weight excluding hydrogens is 354 g/mol. The number of halogens is 2. The number of aryl methyl sites for hydroxylation is 1. The van der Waals surface area contributed by atoms with Gasteiger partial charge in [0.15, 0.2) is 0 Å². The highest BCUT2D eigenvalue weighted by Crippen LogP contribution is 2.20. The van der Waals surface area contributed by atoms with Gasteiger partial charge in [0.2, 0.25) is 5.91 Å². The molecule has 6 heteroatoms. The van der Waals surface area contributed by atoms with Crippen LogP contribution in [0, 0.1) is 12.8 Å². The molecule has 0 aliphatic carbocycles. The van der Waals surface area contributed by atoms with Gasteiger partial charge in [-0.3, -0.25) is 9.69 Å². The van der Waals surface area contributed by atoms with Crippen LogP contribution in [0.15, 0.2) is 22.7 Å². The molecule has 1 atom stereocenters. The third-order valence-electron chi connectivity index (χ3n) is 3.69. The van der Waals surface area contributed by atoms with E-state index in [4.69, 9.17) is 0 Å². The summed E-state index contributed by atoms with van der Waals surface area (Å²) < 4.78 is 1.03. The lowest BCUT2D eigenvalue weighted by molar-refractivity contribution is -0.117. The molecule has 2 N–H and O–H groups in total. The van der Waals surface area contributed by atoms with Crippen LogP contribution in [-0.2, 0) is 4.79 Å². The Hall–Kier alpha value is -0.620. The highest BCUT2D eigenvalue weighted by Gasteiger charge is 2.23. The summed E-state index contributed by atoms with van der Waals surface area (Å²) in [5.41, 5.74) is 1.96. The number of hydrogen-bond acceptors (Lipinski definition) is 3. The number of benzene rings is 1. The van der Waals surface area contributed by atoms with Gasteiger partial charge in [-0.25, -0.2) is 0 Å². The average molecular weight is 377 g/mol. The van der Waals surface area contributed by atoms with Gasteiger partial charge >= 0.3 is 0 Å². The lowest BCUT2D eigenvalue weighted by atomic mass is 10.1. The molecule has 1 heterocycles. The number of hydrogen-bond donors (Lipinski definition) is 2. The zero-order valence-corrected chi connectivity index (χ0v) is 14.9. The molecule has 0 saturated carbocycles. The summed E-state index contributed by atoms with van der Waals surface area (Å²) in [6.45, 7) is 5.53. The summed E-state index contributed by atoms with van der Waals surface area (Å²) in [7, 11) is 1.98. The van der Waals surface area contributed by atoms with E-state index in [2.05, 4.69) is 31.5 Å². The van der Waals surface area contributed by atoms with Crippen molar-refractivity contribution in [2.45, 2.75) is 13.3 Å². The molecule has 1 unspecified atom stereocenters. The smallest absolute Gasteiger partial charge is 0.238 e. The Morgan fingerprint density at radius 1 is 1.48 bits per heavy atom. The molecule has 1 fully saturated rings. The quantitative estimate of drug-likeness (QED) is 0.830. The molecule has 2 rings (SSSR count). The van der Waals surface area contributed by atoms with E-state index in [9.17, 15) is 4.79 Å². The van der Waals surface area contributed by atoms with Gasteiger partial charge in [-0.05, 0) is 63.2 Å². The molecule has 0 aromatic heterocycles. The second-order valence-corrected chi connectivity index (χ2v) is 6.37. The second kappa shape index (κ2) is 8.73. The van der Waals surface area contributed by atoms with Gasteiger partial charge in [0.25, 0.3) is 0 Å². The van der Waals surface area contributed by atoms with E-state index in [0.717, 1.165) is 35.4 Å². The number of nitrogens with one attached hydrogen (secondary N) is 2. The Labute approximate surface area is 141 Å². The van der Waals surface area contributed by atoms with Crippen molar-refractivity contribution in [3.63, 3.8) is 0 Å². The molecule has 1 saturated heterocycles. The standard InChI is InChI=1S/C15H22BrN3O.ClH/c1-11-7-13(16)3-4-14(11)18-15(20)10-19-6-5-12(9-19)8-17-2;/h3-4,7,12,17H,5-6,8-10H2,1-2H3,(H,18,20);1H. The fourth-order valence-corrected chi connectivity index (χ4v) is 3.15. The SMILES string of the molecule is CNCC1CCN(CC(=O)Nc2ccc(Br)cc2C)C1.Cl. The number of likely N-dealkylation sites (tertiary alicyclic amines) is 1. The zero-order chi connectivity index (χ0) is 14.5. The van der Waals surface area contributed by atoms with E-state index >= 15 is 0 Å². The topological polar surface area (TPSA) is 44.4 Å².